The highest BCUT2D eigenvalue weighted by molar-refractivity contribution is 7.89. The predicted molar refractivity (Wildman–Crippen MR) is 73.7 cm³/mol. The number of aromatic nitrogens is 2. The molecule has 0 unspecified atom stereocenters. The summed E-state index contributed by atoms with van der Waals surface area (Å²) in [5.74, 6) is 0.707. The van der Waals surface area contributed by atoms with E-state index in [-0.39, 0.29) is 17.3 Å². The normalized spacial score (nSPS) is 11.3. The summed E-state index contributed by atoms with van der Waals surface area (Å²) in [7, 11) is -3.85. The molecule has 2 aromatic rings. The fraction of sp³-hybridized carbons (Fsp3) is 0.231. The number of hydrogen-bond donors (Lipinski definition) is 1. The molecule has 1 aromatic heterocycles. The first kappa shape index (κ1) is 14.4. The lowest BCUT2D eigenvalue weighted by Gasteiger charge is -2.13. The zero-order chi connectivity index (χ0) is 14.8. The van der Waals surface area contributed by atoms with Crippen LogP contribution in [0.4, 0.5) is 0 Å². The summed E-state index contributed by atoms with van der Waals surface area (Å²) in [6.45, 7) is 3.64. The van der Waals surface area contributed by atoms with Crippen LogP contribution in [0, 0.1) is 13.8 Å². The second kappa shape index (κ2) is 5.56. The van der Waals surface area contributed by atoms with Crippen molar-refractivity contribution in [2.45, 2.75) is 25.3 Å². The maximum Gasteiger partial charge on any atom is 0.241 e. The molecule has 7 heteroatoms. The maximum atomic E-state index is 11.6. The van der Waals surface area contributed by atoms with Gasteiger partial charge in [-0.05, 0) is 37.1 Å². The van der Waals surface area contributed by atoms with Crippen LogP contribution in [0.3, 0.4) is 0 Å². The van der Waals surface area contributed by atoms with Crippen LogP contribution >= 0.6 is 0 Å². The Labute approximate surface area is 117 Å². The molecule has 0 aliphatic rings. The largest absolute Gasteiger partial charge is 0.484 e. The quantitative estimate of drug-likeness (QED) is 0.917. The minimum absolute atomic E-state index is 0.0223. The number of hydrogen-bond acceptors (Lipinski definition) is 5. The number of sulfonamides is 1. The van der Waals surface area contributed by atoms with Crippen molar-refractivity contribution in [3.05, 3.63) is 47.5 Å². The molecule has 1 aromatic carbocycles. The lowest BCUT2D eigenvalue weighted by molar-refractivity contribution is 0.285. The van der Waals surface area contributed by atoms with Crippen LogP contribution in [0.1, 0.15) is 17.0 Å². The summed E-state index contributed by atoms with van der Waals surface area (Å²) >= 11 is 0. The van der Waals surface area contributed by atoms with Crippen molar-refractivity contribution in [2.24, 2.45) is 5.14 Å². The molecule has 20 heavy (non-hydrogen) atoms. The second-order valence-electron chi connectivity index (χ2n) is 4.41. The van der Waals surface area contributed by atoms with Gasteiger partial charge in [-0.25, -0.2) is 23.5 Å². The maximum absolute atomic E-state index is 11.6. The van der Waals surface area contributed by atoms with Crippen LogP contribution < -0.4 is 9.88 Å². The van der Waals surface area contributed by atoms with E-state index in [0.29, 0.717) is 11.4 Å². The fourth-order valence-electron chi connectivity index (χ4n) is 1.85. The minimum Gasteiger partial charge on any atom is -0.484 e. The number of benzene rings is 1. The molecule has 0 spiro atoms. The molecule has 106 valence electrons. The first-order valence-electron chi connectivity index (χ1n) is 5.90. The van der Waals surface area contributed by atoms with Crippen molar-refractivity contribution in [1.82, 2.24) is 9.97 Å². The van der Waals surface area contributed by atoms with E-state index in [0.717, 1.165) is 5.56 Å². The van der Waals surface area contributed by atoms with Crippen molar-refractivity contribution < 1.29 is 13.2 Å². The highest BCUT2D eigenvalue weighted by Crippen LogP contribution is 2.29. The van der Waals surface area contributed by atoms with Gasteiger partial charge in [-0.15, -0.1) is 0 Å². The molecule has 0 saturated carbocycles. The van der Waals surface area contributed by atoms with Crippen LogP contribution in [0.2, 0.25) is 0 Å². The zero-order valence-corrected chi connectivity index (χ0v) is 12.0. The van der Waals surface area contributed by atoms with Gasteiger partial charge in [-0.2, -0.15) is 0 Å². The average molecular weight is 293 g/mol. The third-order valence-corrected chi connectivity index (χ3v) is 3.57. The number of primary sulfonamides is 1. The molecule has 1 heterocycles. The number of ether oxygens (including phenoxy) is 1. The molecule has 2 N–H and O–H groups in total. The summed E-state index contributed by atoms with van der Waals surface area (Å²) < 4.78 is 28.8. The predicted octanol–water partition coefficient (Wildman–Crippen LogP) is 1.32. The SMILES string of the molecule is Cc1cc(C)c(OCc2ncccn2)c(S(N)(=O)=O)c1. The Morgan fingerprint density at radius 1 is 1.20 bits per heavy atom. The van der Waals surface area contributed by atoms with Crippen molar-refractivity contribution >= 4 is 10.0 Å². The van der Waals surface area contributed by atoms with Gasteiger partial charge in [0.2, 0.25) is 10.0 Å². The first-order valence-corrected chi connectivity index (χ1v) is 7.45. The van der Waals surface area contributed by atoms with E-state index < -0.39 is 10.0 Å². The summed E-state index contributed by atoms with van der Waals surface area (Å²) in [6, 6.07) is 5.01. The Morgan fingerprint density at radius 3 is 2.45 bits per heavy atom. The van der Waals surface area contributed by atoms with Crippen LogP contribution in [-0.2, 0) is 16.6 Å². The Bertz CT molecular complexity index is 715. The third-order valence-electron chi connectivity index (χ3n) is 2.66. The van der Waals surface area contributed by atoms with Crippen molar-refractivity contribution in [2.75, 3.05) is 0 Å². The Morgan fingerprint density at radius 2 is 1.85 bits per heavy atom. The third kappa shape index (κ3) is 3.31. The van der Waals surface area contributed by atoms with Gasteiger partial charge >= 0.3 is 0 Å². The molecular weight excluding hydrogens is 278 g/mol. The topological polar surface area (TPSA) is 95.2 Å². The Hall–Kier alpha value is -1.99. The van der Waals surface area contributed by atoms with Gasteiger partial charge in [-0.3, -0.25) is 0 Å². The van der Waals surface area contributed by atoms with Crippen molar-refractivity contribution in [3.63, 3.8) is 0 Å². The average Bonchev–Trinajstić information content (AvgIpc) is 2.37. The molecule has 0 radical (unpaired) electrons. The lowest BCUT2D eigenvalue weighted by Crippen LogP contribution is -2.15. The van der Waals surface area contributed by atoms with Gasteiger partial charge in [0.25, 0.3) is 0 Å². The van der Waals surface area contributed by atoms with Gasteiger partial charge in [0, 0.05) is 12.4 Å². The molecule has 0 amide bonds. The lowest BCUT2D eigenvalue weighted by atomic mass is 10.1. The first-order chi connectivity index (χ1) is 9.38. The van der Waals surface area contributed by atoms with E-state index in [1.807, 2.05) is 6.07 Å². The van der Waals surface area contributed by atoms with Crippen LogP contribution in [0.5, 0.6) is 5.75 Å². The van der Waals surface area contributed by atoms with E-state index >= 15 is 0 Å². The molecule has 0 aliphatic heterocycles. The van der Waals surface area contributed by atoms with E-state index in [9.17, 15) is 8.42 Å². The van der Waals surface area contributed by atoms with E-state index in [4.69, 9.17) is 9.88 Å². The monoisotopic (exact) mass is 293 g/mol. The zero-order valence-electron chi connectivity index (χ0n) is 11.2. The Balaban J connectivity index is 2.36. The highest BCUT2D eigenvalue weighted by atomic mass is 32.2. The van der Waals surface area contributed by atoms with Gasteiger partial charge in [0.1, 0.15) is 17.3 Å². The van der Waals surface area contributed by atoms with Gasteiger partial charge in [0.05, 0.1) is 0 Å². The smallest absolute Gasteiger partial charge is 0.241 e. The standard InChI is InChI=1S/C13H15N3O3S/c1-9-6-10(2)13(11(7-9)20(14,17)18)19-8-12-15-4-3-5-16-12/h3-7H,8H2,1-2H3,(H2,14,17,18). The van der Waals surface area contributed by atoms with Gasteiger partial charge in [0.15, 0.2) is 5.82 Å². The van der Waals surface area contributed by atoms with Crippen molar-refractivity contribution in [3.8, 4) is 5.75 Å². The molecule has 0 aliphatic carbocycles. The molecular formula is C13H15N3O3S. The molecule has 0 fully saturated rings. The Kier molecular flexibility index (Phi) is 4.01. The molecule has 0 saturated heterocycles. The minimum atomic E-state index is -3.85. The highest BCUT2D eigenvalue weighted by Gasteiger charge is 2.18. The van der Waals surface area contributed by atoms with E-state index in [2.05, 4.69) is 9.97 Å². The van der Waals surface area contributed by atoms with Crippen LogP contribution in [0.15, 0.2) is 35.5 Å². The van der Waals surface area contributed by atoms with Gasteiger partial charge in [-0.1, -0.05) is 6.07 Å². The summed E-state index contributed by atoms with van der Waals surface area (Å²) in [5.41, 5.74) is 1.50. The molecule has 6 nitrogen and oxygen atoms in total. The fourth-order valence-corrected chi connectivity index (χ4v) is 2.68. The van der Waals surface area contributed by atoms with E-state index in [1.54, 1.807) is 32.3 Å². The molecule has 2 rings (SSSR count). The number of nitrogens with zero attached hydrogens (tertiary/aromatic N) is 2. The second-order valence-corrected chi connectivity index (χ2v) is 5.94. The summed E-state index contributed by atoms with van der Waals surface area (Å²) in [5, 5.41) is 5.23. The van der Waals surface area contributed by atoms with Crippen LogP contribution in [-0.4, -0.2) is 18.4 Å². The number of nitrogens with two attached hydrogens (primary N) is 1. The summed E-state index contributed by atoms with van der Waals surface area (Å²) in [4.78, 5) is 8.01. The molecule has 0 bridgehead atoms. The van der Waals surface area contributed by atoms with Crippen LogP contribution in [0.25, 0.3) is 0 Å². The summed E-state index contributed by atoms with van der Waals surface area (Å²) in [6.07, 6.45) is 3.18. The van der Waals surface area contributed by atoms with Crippen molar-refractivity contribution in [1.29, 1.82) is 0 Å². The number of rotatable bonds is 4. The van der Waals surface area contributed by atoms with E-state index in [1.165, 1.54) is 6.07 Å². The number of aryl methyl sites for hydroxylation is 2. The van der Waals surface area contributed by atoms with Gasteiger partial charge < -0.3 is 4.74 Å². The molecule has 0 atom stereocenters.